The lowest BCUT2D eigenvalue weighted by atomic mass is 9.81. The lowest BCUT2D eigenvalue weighted by Crippen LogP contribution is -2.46. The highest BCUT2D eigenvalue weighted by molar-refractivity contribution is 5.97. The highest BCUT2D eigenvalue weighted by atomic mass is 16.7. The van der Waals surface area contributed by atoms with E-state index < -0.39 is 5.79 Å². The summed E-state index contributed by atoms with van der Waals surface area (Å²) in [6.45, 7) is 9.76. The molecule has 184 valence electrons. The fourth-order valence-corrected chi connectivity index (χ4v) is 5.42. The summed E-state index contributed by atoms with van der Waals surface area (Å²) in [5, 5.41) is 2.92. The second kappa shape index (κ2) is 9.10. The third-order valence-electron chi connectivity index (χ3n) is 7.61. The number of pyridine rings is 1. The largest absolute Gasteiger partial charge is 0.448 e. The van der Waals surface area contributed by atoms with E-state index in [4.69, 9.17) is 9.47 Å². The maximum Gasteiger partial charge on any atom is 0.253 e. The minimum Gasteiger partial charge on any atom is -0.448 e. The van der Waals surface area contributed by atoms with Crippen molar-refractivity contribution in [3.63, 3.8) is 0 Å². The van der Waals surface area contributed by atoms with Crippen LogP contribution in [0.15, 0.2) is 16.9 Å². The summed E-state index contributed by atoms with van der Waals surface area (Å²) < 4.78 is 12.9. The fraction of sp³-hybridized carbons (Fsp3) is 0.556. The van der Waals surface area contributed by atoms with Crippen molar-refractivity contribution in [2.45, 2.75) is 78.7 Å². The SMILES string of the molecule is Cc1cc(C)c(CNC(=O)c2cc(C)c3c(c2C)OC(C)(C2CCC(N(C)C)CC2)O3)c(=O)[nH]1. The Morgan fingerprint density at radius 3 is 2.32 bits per heavy atom. The number of hydrogen-bond acceptors (Lipinski definition) is 5. The molecule has 2 heterocycles. The highest BCUT2D eigenvalue weighted by Gasteiger charge is 2.47. The van der Waals surface area contributed by atoms with Gasteiger partial charge in [-0.2, -0.15) is 0 Å². The summed E-state index contributed by atoms with van der Waals surface area (Å²) in [4.78, 5) is 30.5. The quantitative estimate of drug-likeness (QED) is 0.690. The van der Waals surface area contributed by atoms with Crippen molar-refractivity contribution in [3.05, 3.63) is 56.0 Å². The van der Waals surface area contributed by atoms with Gasteiger partial charge in [-0.05, 0) is 90.7 Å². The molecule has 7 heteroatoms. The lowest BCUT2D eigenvalue weighted by molar-refractivity contribution is -0.123. The number of aromatic nitrogens is 1. The second-order valence-corrected chi connectivity index (χ2v) is 10.3. The minimum absolute atomic E-state index is 0.167. The van der Waals surface area contributed by atoms with Gasteiger partial charge in [0.2, 0.25) is 0 Å². The third kappa shape index (κ3) is 4.45. The van der Waals surface area contributed by atoms with Gasteiger partial charge in [-0.25, -0.2) is 0 Å². The molecule has 0 spiro atoms. The molecule has 7 nitrogen and oxygen atoms in total. The number of aryl methyl sites for hydroxylation is 3. The molecule has 1 amide bonds. The molecule has 34 heavy (non-hydrogen) atoms. The van der Waals surface area contributed by atoms with E-state index in [-0.39, 0.29) is 18.0 Å². The average molecular weight is 468 g/mol. The number of amides is 1. The molecule has 2 N–H and O–H groups in total. The number of carbonyl (C=O) groups excluding carboxylic acids is 1. The number of fused-ring (bicyclic) bond motifs is 1. The molecule has 1 fully saturated rings. The van der Waals surface area contributed by atoms with Gasteiger partial charge in [-0.3, -0.25) is 9.59 Å². The van der Waals surface area contributed by atoms with Gasteiger partial charge in [0.15, 0.2) is 11.5 Å². The van der Waals surface area contributed by atoms with E-state index in [0.717, 1.165) is 53.8 Å². The normalized spacial score (nSPS) is 23.9. The Balaban J connectivity index is 1.52. The molecule has 0 bridgehead atoms. The Hall–Kier alpha value is -2.80. The van der Waals surface area contributed by atoms with Crippen LogP contribution in [0, 0.1) is 33.6 Å². The summed E-state index contributed by atoms with van der Waals surface area (Å²) in [6.07, 6.45) is 4.34. The zero-order valence-electron chi connectivity index (χ0n) is 21.4. The van der Waals surface area contributed by atoms with Gasteiger partial charge in [0, 0.05) is 47.8 Å². The van der Waals surface area contributed by atoms with Crippen molar-refractivity contribution < 1.29 is 14.3 Å². The number of benzene rings is 1. The molecule has 1 aliphatic heterocycles. The predicted octanol–water partition coefficient (Wildman–Crippen LogP) is 4.15. The molecular formula is C27H37N3O4. The number of ether oxygens (including phenoxy) is 2. The van der Waals surface area contributed by atoms with Crippen LogP contribution >= 0.6 is 0 Å². The summed E-state index contributed by atoms with van der Waals surface area (Å²) >= 11 is 0. The van der Waals surface area contributed by atoms with Crippen LogP contribution in [0.3, 0.4) is 0 Å². The topological polar surface area (TPSA) is 83.7 Å². The van der Waals surface area contributed by atoms with E-state index in [1.165, 1.54) is 0 Å². The number of H-pyrrole nitrogens is 1. The van der Waals surface area contributed by atoms with E-state index in [1.807, 2.05) is 46.8 Å². The number of hydrogen-bond donors (Lipinski definition) is 2. The maximum absolute atomic E-state index is 13.1. The Bertz CT molecular complexity index is 1160. The summed E-state index contributed by atoms with van der Waals surface area (Å²) in [7, 11) is 4.28. The van der Waals surface area contributed by atoms with Crippen LogP contribution in [0.25, 0.3) is 0 Å². The number of aromatic amines is 1. The van der Waals surface area contributed by atoms with Crippen LogP contribution in [0.1, 0.15) is 70.9 Å². The molecule has 4 rings (SSSR count). The van der Waals surface area contributed by atoms with Crippen molar-refractivity contribution in [2.75, 3.05) is 14.1 Å². The number of rotatable bonds is 5. The number of nitrogens with one attached hydrogen (secondary N) is 2. The van der Waals surface area contributed by atoms with E-state index >= 15 is 0 Å². The first-order valence-electron chi connectivity index (χ1n) is 12.2. The van der Waals surface area contributed by atoms with Crippen LogP contribution in [0.4, 0.5) is 0 Å². The average Bonchev–Trinajstić information content (AvgIpc) is 3.15. The summed E-state index contributed by atoms with van der Waals surface area (Å²) in [5.41, 5.74) is 4.24. The van der Waals surface area contributed by atoms with Crippen molar-refractivity contribution in [2.24, 2.45) is 5.92 Å². The van der Waals surface area contributed by atoms with Gasteiger partial charge >= 0.3 is 0 Å². The minimum atomic E-state index is -0.726. The molecule has 1 unspecified atom stereocenters. The predicted molar refractivity (Wildman–Crippen MR) is 133 cm³/mol. The van der Waals surface area contributed by atoms with Crippen molar-refractivity contribution in [3.8, 4) is 11.5 Å². The van der Waals surface area contributed by atoms with Crippen LogP contribution in [0.5, 0.6) is 11.5 Å². The van der Waals surface area contributed by atoms with Crippen LogP contribution in [-0.2, 0) is 6.54 Å². The van der Waals surface area contributed by atoms with Crippen molar-refractivity contribution >= 4 is 5.91 Å². The zero-order chi connectivity index (χ0) is 24.8. The molecular weight excluding hydrogens is 430 g/mol. The molecule has 1 aromatic carbocycles. The van der Waals surface area contributed by atoms with E-state index in [2.05, 4.69) is 29.3 Å². The van der Waals surface area contributed by atoms with E-state index in [9.17, 15) is 9.59 Å². The Kier molecular flexibility index (Phi) is 6.51. The summed E-state index contributed by atoms with van der Waals surface area (Å²) in [5.74, 6) is 0.732. The Morgan fingerprint density at radius 1 is 1.06 bits per heavy atom. The van der Waals surface area contributed by atoms with E-state index in [1.54, 1.807) is 0 Å². The number of nitrogens with zero attached hydrogens (tertiary/aromatic N) is 1. The molecule has 1 aromatic heterocycles. The van der Waals surface area contributed by atoms with Gasteiger partial charge in [-0.1, -0.05) is 0 Å². The molecule has 2 aliphatic rings. The van der Waals surface area contributed by atoms with Crippen LogP contribution < -0.4 is 20.3 Å². The van der Waals surface area contributed by atoms with Gasteiger partial charge in [-0.15, -0.1) is 0 Å². The van der Waals surface area contributed by atoms with E-state index in [0.29, 0.717) is 28.8 Å². The summed E-state index contributed by atoms with van der Waals surface area (Å²) in [6, 6.07) is 4.37. The van der Waals surface area contributed by atoms with Gasteiger partial charge < -0.3 is 24.7 Å². The Labute approximate surface area is 201 Å². The molecule has 2 aromatic rings. The monoisotopic (exact) mass is 467 g/mol. The zero-order valence-corrected chi connectivity index (χ0v) is 21.4. The first-order chi connectivity index (χ1) is 16.0. The first kappa shape index (κ1) is 24.3. The van der Waals surface area contributed by atoms with Gasteiger partial charge in [0.25, 0.3) is 17.3 Å². The van der Waals surface area contributed by atoms with Crippen LogP contribution in [-0.4, -0.2) is 41.7 Å². The second-order valence-electron chi connectivity index (χ2n) is 10.3. The first-order valence-corrected chi connectivity index (χ1v) is 12.2. The molecule has 0 saturated heterocycles. The number of carbonyl (C=O) groups is 1. The van der Waals surface area contributed by atoms with Crippen LogP contribution in [0.2, 0.25) is 0 Å². The Morgan fingerprint density at radius 2 is 1.71 bits per heavy atom. The smallest absolute Gasteiger partial charge is 0.253 e. The van der Waals surface area contributed by atoms with Gasteiger partial charge in [0.05, 0.1) is 0 Å². The maximum atomic E-state index is 13.1. The molecule has 1 saturated carbocycles. The van der Waals surface area contributed by atoms with Crippen molar-refractivity contribution in [1.82, 2.24) is 15.2 Å². The fourth-order valence-electron chi connectivity index (χ4n) is 5.42. The third-order valence-corrected chi connectivity index (χ3v) is 7.61. The molecule has 1 atom stereocenters. The van der Waals surface area contributed by atoms with Crippen molar-refractivity contribution in [1.29, 1.82) is 0 Å². The standard InChI is InChI=1S/C27H37N3O4/c1-15-12-17(3)29-26(32)22(15)14-28-25(31)21-13-16(2)23-24(18(21)4)34-27(5,33-23)19-8-10-20(11-9-19)30(6)7/h12-13,19-20H,8-11,14H2,1-7H3,(H,28,31)(H,29,32). The van der Waals surface area contributed by atoms with Gasteiger partial charge in [0.1, 0.15) is 0 Å². The molecule has 0 radical (unpaired) electrons. The lowest BCUT2D eigenvalue weighted by Gasteiger charge is -2.39. The molecule has 1 aliphatic carbocycles. The highest BCUT2D eigenvalue weighted by Crippen LogP contribution is 2.50.